The second-order valence-corrected chi connectivity index (χ2v) is 8.98. The number of aromatic nitrogens is 2. The van der Waals surface area contributed by atoms with Crippen LogP contribution in [0.1, 0.15) is 51.4 Å². The Balaban J connectivity index is 1.35. The number of benzene rings is 2. The zero-order valence-corrected chi connectivity index (χ0v) is 19.8. The van der Waals surface area contributed by atoms with Crippen molar-refractivity contribution in [3.8, 4) is 17.2 Å². The number of methoxy groups -OCH3 is 2. The van der Waals surface area contributed by atoms with Gasteiger partial charge in [-0.15, -0.1) is 0 Å². The number of nitrogens with zero attached hydrogens (tertiary/aromatic N) is 3. The maximum atomic E-state index is 13.2. The van der Waals surface area contributed by atoms with Crippen LogP contribution < -0.4 is 14.2 Å². The van der Waals surface area contributed by atoms with E-state index in [-0.39, 0.29) is 18.1 Å². The van der Waals surface area contributed by atoms with E-state index in [9.17, 15) is 9.59 Å². The second kappa shape index (κ2) is 8.27. The van der Waals surface area contributed by atoms with E-state index in [2.05, 4.69) is 9.97 Å². The van der Waals surface area contributed by atoms with Gasteiger partial charge in [0.05, 0.1) is 43.1 Å². The standard InChI is InChI=1S/C26H27N3O5/c1-15-16(2)28-20-11-17(5-6-19(20)27-15)25(31)29-9-7-26(8-10-29)14-21(30)24-22(33-4)12-18(32-3)13-23(24)34-26/h5-6,11-13H,7-10,14H2,1-4H3. The average Bonchev–Trinajstić information content (AvgIpc) is 2.83. The first-order valence-corrected chi connectivity index (χ1v) is 11.3. The number of aryl methyl sites for hydroxylation is 2. The molecule has 1 saturated heterocycles. The third-order valence-electron chi connectivity index (χ3n) is 6.87. The SMILES string of the molecule is COc1cc(OC)c2c(c1)OC1(CCN(C(=O)c3ccc4nc(C)c(C)nc4c3)CC1)CC2=O. The lowest BCUT2D eigenvalue weighted by Crippen LogP contribution is -2.52. The molecule has 1 amide bonds. The molecule has 0 bridgehead atoms. The van der Waals surface area contributed by atoms with Crippen molar-refractivity contribution >= 4 is 22.7 Å². The summed E-state index contributed by atoms with van der Waals surface area (Å²) in [6.07, 6.45) is 1.39. The average molecular weight is 462 g/mol. The molecule has 2 aliphatic rings. The summed E-state index contributed by atoms with van der Waals surface area (Å²) >= 11 is 0. The summed E-state index contributed by atoms with van der Waals surface area (Å²) in [5.74, 6) is 1.43. The van der Waals surface area contributed by atoms with E-state index in [1.54, 1.807) is 31.4 Å². The van der Waals surface area contributed by atoms with Gasteiger partial charge in [0.25, 0.3) is 5.91 Å². The first-order chi connectivity index (χ1) is 16.3. The van der Waals surface area contributed by atoms with Crippen LogP contribution in [-0.4, -0.2) is 59.5 Å². The highest BCUT2D eigenvalue weighted by molar-refractivity contribution is 6.03. The monoisotopic (exact) mass is 461 g/mol. The van der Waals surface area contributed by atoms with Crippen molar-refractivity contribution in [3.05, 3.63) is 52.8 Å². The molecule has 2 aromatic carbocycles. The lowest BCUT2D eigenvalue weighted by Gasteiger charge is -2.44. The number of fused-ring (bicyclic) bond motifs is 2. The highest BCUT2D eigenvalue weighted by atomic mass is 16.5. The van der Waals surface area contributed by atoms with Gasteiger partial charge in [0, 0.05) is 43.6 Å². The topological polar surface area (TPSA) is 90.8 Å². The summed E-state index contributed by atoms with van der Waals surface area (Å²) < 4.78 is 17.1. The molecular weight excluding hydrogens is 434 g/mol. The maximum absolute atomic E-state index is 13.2. The van der Waals surface area contributed by atoms with Crippen LogP contribution in [0.3, 0.4) is 0 Å². The molecule has 2 aliphatic heterocycles. The van der Waals surface area contributed by atoms with Crippen molar-refractivity contribution in [2.45, 2.75) is 38.7 Å². The van der Waals surface area contributed by atoms with E-state index in [1.807, 2.05) is 24.8 Å². The molecule has 0 saturated carbocycles. The number of rotatable bonds is 3. The van der Waals surface area contributed by atoms with Gasteiger partial charge < -0.3 is 19.1 Å². The van der Waals surface area contributed by atoms with Crippen molar-refractivity contribution in [1.29, 1.82) is 0 Å². The molecule has 0 radical (unpaired) electrons. The van der Waals surface area contributed by atoms with Crippen molar-refractivity contribution < 1.29 is 23.8 Å². The Bertz CT molecular complexity index is 1310. The molecule has 1 spiro atoms. The van der Waals surface area contributed by atoms with Gasteiger partial charge in [0.2, 0.25) is 0 Å². The molecule has 5 rings (SSSR count). The normalized spacial score (nSPS) is 16.8. The summed E-state index contributed by atoms with van der Waals surface area (Å²) in [6, 6.07) is 8.86. The number of piperidine rings is 1. The molecular formula is C26H27N3O5. The summed E-state index contributed by atoms with van der Waals surface area (Å²) in [7, 11) is 3.09. The first-order valence-electron chi connectivity index (χ1n) is 11.3. The maximum Gasteiger partial charge on any atom is 0.253 e. The Morgan fingerprint density at radius 3 is 2.38 bits per heavy atom. The zero-order valence-electron chi connectivity index (χ0n) is 19.8. The van der Waals surface area contributed by atoms with Gasteiger partial charge in [-0.1, -0.05) is 0 Å². The number of likely N-dealkylation sites (tertiary alicyclic amines) is 1. The molecule has 0 unspecified atom stereocenters. The van der Waals surface area contributed by atoms with Crippen molar-refractivity contribution in [3.63, 3.8) is 0 Å². The zero-order chi connectivity index (χ0) is 24.0. The smallest absolute Gasteiger partial charge is 0.253 e. The van der Waals surface area contributed by atoms with Crippen LogP contribution in [0.5, 0.6) is 17.2 Å². The predicted molar refractivity (Wildman–Crippen MR) is 126 cm³/mol. The Morgan fingerprint density at radius 1 is 1.00 bits per heavy atom. The highest BCUT2D eigenvalue weighted by Crippen LogP contribution is 2.44. The Hall–Kier alpha value is -3.68. The van der Waals surface area contributed by atoms with Crippen LogP contribution in [-0.2, 0) is 0 Å². The number of Topliss-reactive ketones (excluding diaryl/α,β-unsaturated/α-hetero) is 1. The van der Waals surface area contributed by atoms with Crippen molar-refractivity contribution in [2.24, 2.45) is 0 Å². The number of carbonyl (C=O) groups is 2. The van der Waals surface area contributed by atoms with E-state index in [0.717, 1.165) is 16.9 Å². The van der Waals surface area contributed by atoms with Crippen LogP contribution >= 0.6 is 0 Å². The van der Waals surface area contributed by atoms with Gasteiger partial charge in [-0.05, 0) is 32.0 Å². The lowest BCUT2D eigenvalue weighted by molar-refractivity contribution is -0.00610. The van der Waals surface area contributed by atoms with Gasteiger partial charge >= 0.3 is 0 Å². The number of hydrogen-bond acceptors (Lipinski definition) is 7. The van der Waals surface area contributed by atoms with Crippen LogP contribution in [0.2, 0.25) is 0 Å². The van der Waals surface area contributed by atoms with Gasteiger partial charge in [-0.2, -0.15) is 0 Å². The fourth-order valence-electron chi connectivity index (χ4n) is 4.79. The Labute approximate surface area is 197 Å². The van der Waals surface area contributed by atoms with E-state index < -0.39 is 5.60 Å². The molecule has 8 nitrogen and oxygen atoms in total. The number of ketones is 1. The third kappa shape index (κ3) is 3.73. The van der Waals surface area contributed by atoms with Gasteiger partial charge in [0.1, 0.15) is 28.4 Å². The minimum atomic E-state index is -0.637. The van der Waals surface area contributed by atoms with E-state index in [1.165, 1.54) is 7.11 Å². The number of amides is 1. The number of ether oxygens (including phenoxy) is 3. The molecule has 34 heavy (non-hydrogen) atoms. The van der Waals surface area contributed by atoms with Crippen LogP contribution in [0.4, 0.5) is 0 Å². The van der Waals surface area contributed by atoms with Crippen molar-refractivity contribution in [2.75, 3.05) is 27.3 Å². The van der Waals surface area contributed by atoms with E-state index >= 15 is 0 Å². The lowest BCUT2D eigenvalue weighted by atomic mass is 9.82. The van der Waals surface area contributed by atoms with Gasteiger partial charge in [-0.3, -0.25) is 9.59 Å². The van der Waals surface area contributed by atoms with Crippen LogP contribution in [0.15, 0.2) is 30.3 Å². The summed E-state index contributed by atoms with van der Waals surface area (Å²) in [5, 5.41) is 0. The Kier molecular flexibility index (Phi) is 5.38. The van der Waals surface area contributed by atoms with Crippen LogP contribution in [0.25, 0.3) is 11.0 Å². The molecule has 0 atom stereocenters. The minimum Gasteiger partial charge on any atom is -0.496 e. The molecule has 0 N–H and O–H groups in total. The van der Waals surface area contributed by atoms with Gasteiger partial charge in [0.15, 0.2) is 5.78 Å². The van der Waals surface area contributed by atoms with Crippen LogP contribution in [0, 0.1) is 13.8 Å². The van der Waals surface area contributed by atoms with E-state index in [0.29, 0.717) is 59.8 Å². The predicted octanol–water partition coefficient (Wildman–Crippen LogP) is 3.90. The fraction of sp³-hybridized carbons (Fsp3) is 0.385. The van der Waals surface area contributed by atoms with Gasteiger partial charge in [-0.25, -0.2) is 9.97 Å². The molecule has 1 aromatic heterocycles. The number of carbonyl (C=O) groups excluding carboxylic acids is 2. The van der Waals surface area contributed by atoms with E-state index in [4.69, 9.17) is 14.2 Å². The second-order valence-electron chi connectivity index (χ2n) is 8.98. The fourth-order valence-corrected chi connectivity index (χ4v) is 4.79. The molecule has 176 valence electrons. The minimum absolute atomic E-state index is 0.0145. The molecule has 0 aliphatic carbocycles. The molecule has 1 fully saturated rings. The first kappa shape index (κ1) is 22.1. The van der Waals surface area contributed by atoms with Crippen molar-refractivity contribution in [1.82, 2.24) is 14.9 Å². The molecule has 8 heteroatoms. The quantitative estimate of drug-likeness (QED) is 0.584. The summed E-state index contributed by atoms with van der Waals surface area (Å²) in [5.41, 5.74) is 3.62. The highest BCUT2D eigenvalue weighted by Gasteiger charge is 2.45. The molecule has 3 heterocycles. The number of hydrogen-bond donors (Lipinski definition) is 0. The summed E-state index contributed by atoms with van der Waals surface area (Å²) in [6.45, 7) is 4.83. The summed E-state index contributed by atoms with van der Waals surface area (Å²) in [4.78, 5) is 37.2. The largest absolute Gasteiger partial charge is 0.496 e. The third-order valence-corrected chi connectivity index (χ3v) is 6.87. The molecule has 3 aromatic rings. The Morgan fingerprint density at radius 2 is 1.71 bits per heavy atom.